The van der Waals surface area contributed by atoms with E-state index in [1.807, 2.05) is 13.1 Å². The third kappa shape index (κ3) is 3.66. The number of piperazine rings is 1. The summed E-state index contributed by atoms with van der Waals surface area (Å²) in [7, 11) is 2.04. The van der Waals surface area contributed by atoms with Crippen molar-refractivity contribution in [2.75, 3.05) is 46.3 Å². The number of aliphatic carboxylic acids is 1. The fourth-order valence-electron chi connectivity index (χ4n) is 3.66. The van der Waals surface area contributed by atoms with Crippen LogP contribution < -0.4 is 0 Å². The predicted molar refractivity (Wildman–Crippen MR) is 85.7 cm³/mol. The molecule has 0 radical (unpaired) electrons. The number of likely N-dealkylation sites (N-methyl/N-ethyl adjacent to an activating group) is 1. The summed E-state index contributed by atoms with van der Waals surface area (Å²) in [5, 5.41) is 9.35. The van der Waals surface area contributed by atoms with Gasteiger partial charge in [-0.1, -0.05) is 30.3 Å². The zero-order valence-corrected chi connectivity index (χ0v) is 13.2. The molecule has 120 valence electrons. The molecule has 5 nitrogen and oxygen atoms in total. The largest absolute Gasteiger partial charge is 0.481 e. The molecule has 1 N–H and O–H groups in total. The van der Waals surface area contributed by atoms with Crippen LogP contribution in [0.25, 0.3) is 0 Å². The Labute approximate surface area is 132 Å². The van der Waals surface area contributed by atoms with E-state index in [2.05, 4.69) is 39.0 Å². The number of nitrogens with zero attached hydrogens (tertiary/aromatic N) is 3. The average Bonchev–Trinajstić information content (AvgIpc) is 2.66. The van der Waals surface area contributed by atoms with Gasteiger partial charge in [-0.25, -0.2) is 0 Å². The number of benzene rings is 1. The molecule has 1 aromatic rings. The smallest absolute Gasteiger partial charge is 0.309 e. The van der Waals surface area contributed by atoms with Crippen LogP contribution >= 0.6 is 0 Å². The van der Waals surface area contributed by atoms with E-state index in [4.69, 9.17) is 0 Å². The molecule has 0 unspecified atom stereocenters. The summed E-state index contributed by atoms with van der Waals surface area (Å²) in [6.07, 6.45) is 0. The van der Waals surface area contributed by atoms with Gasteiger partial charge in [-0.3, -0.25) is 14.6 Å². The van der Waals surface area contributed by atoms with Gasteiger partial charge in [0.15, 0.2) is 0 Å². The Balaban J connectivity index is 1.63. The zero-order chi connectivity index (χ0) is 15.5. The van der Waals surface area contributed by atoms with E-state index in [9.17, 15) is 9.90 Å². The van der Waals surface area contributed by atoms with Crippen LogP contribution in [0.15, 0.2) is 30.3 Å². The van der Waals surface area contributed by atoms with Gasteiger partial charge in [0.05, 0.1) is 5.92 Å². The molecule has 2 atom stereocenters. The maximum atomic E-state index is 11.4. The molecule has 2 fully saturated rings. The number of rotatable bonds is 3. The minimum Gasteiger partial charge on any atom is -0.481 e. The molecule has 3 rings (SSSR count). The topological polar surface area (TPSA) is 47.0 Å². The highest BCUT2D eigenvalue weighted by Crippen LogP contribution is 2.19. The fraction of sp³-hybridized carbons (Fsp3) is 0.588. The summed E-state index contributed by atoms with van der Waals surface area (Å²) in [6, 6.07) is 11.0. The molecule has 0 bridgehead atoms. The Morgan fingerprint density at radius 2 is 1.91 bits per heavy atom. The van der Waals surface area contributed by atoms with E-state index in [1.54, 1.807) is 0 Å². The van der Waals surface area contributed by atoms with Crippen molar-refractivity contribution < 1.29 is 9.90 Å². The minimum absolute atomic E-state index is 0.268. The van der Waals surface area contributed by atoms with Gasteiger partial charge in [-0.05, 0) is 12.6 Å². The Morgan fingerprint density at radius 3 is 2.64 bits per heavy atom. The summed E-state index contributed by atoms with van der Waals surface area (Å²) in [6.45, 7) is 6.28. The molecule has 22 heavy (non-hydrogen) atoms. The van der Waals surface area contributed by atoms with Crippen LogP contribution in [-0.2, 0) is 11.3 Å². The van der Waals surface area contributed by atoms with Crippen molar-refractivity contribution >= 4 is 5.97 Å². The number of carbonyl (C=O) groups is 1. The van der Waals surface area contributed by atoms with E-state index in [1.165, 1.54) is 5.56 Å². The highest BCUT2D eigenvalue weighted by atomic mass is 16.4. The maximum absolute atomic E-state index is 11.4. The van der Waals surface area contributed by atoms with Gasteiger partial charge in [0, 0.05) is 51.9 Å². The Kier molecular flexibility index (Phi) is 4.76. The molecule has 0 aliphatic carbocycles. The van der Waals surface area contributed by atoms with Gasteiger partial charge >= 0.3 is 5.97 Å². The highest BCUT2D eigenvalue weighted by Gasteiger charge is 2.35. The van der Waals surface area contributed by atoms with Crippen molar-refractivity contribution in [2.24, 2.45) is 5.92 Å². The molecule has 1 aromatic carbocycles. The lowest BCUT2D eigenvalue weighted by molar-refractivity contribution is -0.142. The van der Waals surface area contributed by atoms with Gasteiger partial charge in [-0.15, -0.1) is 0 Å². The van der Waals surface area contributed by atoms with Gasteiger partial charge < -0.3 is 10.0 Å². The highest BCUT2D eigenvalue weighted by molar-refractivity contribution is 5.70. The summed E-state index contributed by atoms with van der Waals surface area (Å²) < 4.78 is 0. The number of fused-ring (bicyclic) bond motifs is 1. The van der Waals surface area contributed by atoms with Crippen molar-refractivity contribution in [3.05, 3.63) is 35.9 Å². The second-order valence-corrected chi connectivity index (χ2v) is 6.63. The Morgan fingerprint density at radius 1 is 1.14 bits per heavy atom. The van der Waals surface area contributed by atoms with Crippen LogP contribution in [-0.4, -0.2) is 78.1 Å². The fourth-order valence-corrected chi connectivity index (χ4v) is 3.66. The Bertz CT molecular complexity index is 508. The van der Waals surface area contributed by atoms with Gasteiger partial charge in [0.2, 0.25) is 0 Å². The third-order valence-corrected chi connectivity index (χ3v) is 4.80. The molecule has 2 aliphatic rings. The van der Waals surface area contributed by atoms with E-state index in [0.29, 0.717) is 19.1 Å². The van der Waals surface area contributed by atoms with Crippen molar-refractivity contribution in [3.63, 3.8) is 0 Å². The molecule has 0 amide bonds. The lowest BCUT2D eigenvalue weighted by Crippen LogP contribution is -2.55. The first-order valence-corrected chi connectivity index (χ1v) is 8.03. The standard InChI is InChI=1S/C17H25N3O2/c1-18-10-15(17(21)22)11-20-8-7-19(13-16(20)12-18)9-14-5-3-2-4-6-14/h2-6,15-16H,7-13H2,1H3,(H,21,22)/t15-,16-/m1/s1. The SMILES string of the molecule is CN1C[C@@H](C(=O)O)CN2CCN(Cc3ccccc3)C[C@H]2C1. The summed E-state index contributed by atoms with van der Waals surface area (Å²) >= 11 is 0. The van der Waals surface area contributed by atoms with Gasteiger partial charge in [-0.2, -0.15) is 0 Å². The second-order valence-electron chi connectivity index (χ2n) is 6.63. The molecular formula is C17H25N3O2. The lowest BCUT2D eigenvalue weighted by atomic mass is 10.1. The first-order chi connectivity index (χ1) is 10.6. The molecule has 2 aliphatic heterocycles. The third-order valence-electron chi connectivity index (χ3n) is 4.80. The van der Waals surface area contributed by atoms with Crippen LogP contribution in [0, 0.1) is 5.92 Å². The average molecular weight is 303 g/mol. The zero-order valence-electron chi connectivity index (χ0n) is 13.2. The quantitative estimate of drug-likeness (QED) is 0.896. The number of hydrogen-bond donors (Lipinski definition) is 1. The molecule has 5 heteroatoms. The normalized spacial score (nSPS) is 28.0. The van der Waals surface area contributed by atoms with Crippen LogP contribution in [0.2, 0.25) is 0 Å². The van der Waals surface area contributed by atoms with Gasteiger partial charge in [0.1, 0.15) is 0 Å². The summed E-state index contributed by atoms with van der Waals surface area (Å²) in [4.78, 5) is 18.4. The summed E-state index contributed by atoms with van der Waals surface area (Å²) in [5.74, 6) is -0.935. The van der Waals surface area contributed by atoms with E-state index in [-0.39, 0.29) is 5.92 Å². The number of carboxylic acids is 1. The first-order valence-electron chi connectivity index (χ1n) is 8.03. The van der Waals surface area contributed by atoms with E-state index >= 15 is 0 Å². The first kappa shape index (κ1) is 15.5. The molecule has 0 spiro atoms. The molecule has 2 heterocycles. The van der Waals surface area contributed by atoms with E-state index < -0.39 is 5.97 Å². The maximum Gasteiger partial charge on any atom is 0.309 e. The minimum atomic E-state index is -0.667. The van der Waals surface area contributed by atoms with Crippen molar-refractivity contribution in [2.45, 2.75) is 12.6 Å². The van der Waals surface area contributed by atoms with Crippen LogP contribution in [0.5, 0.6) is 0 Å². The molecule has 0 saturated carbocycles. The lowest BCUT2D eigenvalue weighted by Gasteiger charge is -2.41. The van der Waals surface area contributed by atoms with Crippen LogP contribution in [0.4, 0.5) is 0 Å². The van der Waals surface area contributed by atoms with Crippen molar-refractivity contribution in [1.82, 2.24) is 14.7 Å². The van der Waals surface area contributed by atoms with Crippen molar-refractivity contribution in [1.29, 1.82) is 0 Å². The van der Waals surface area contributed by atoms with Crippen LogP contribution in [0.3, 0.4) is 0 Å². The summed E-state index contributed by atoms with van der Waals surface area (Å²) in [5.41, 5.74) is 1.35. The van der Waals surface area contributed by atoms with Crippen LogP contribution in [0.1, 0.15) is 5.56 Å². The van der Waals surface area contributed by atoms with E-state index in [0.717, 1.165) is 32.7 Å². The van der Waals surface area contributed by atoms with Crippen molar-refractivity contribution in [3.8, 4) is 0 Å². The monoisotopic (exact) mass is 303 g/mol. The second kappa shape index (κ2) is 6.77. The van der Waals surface area contributed by atoms with Gasteiger partial charge in [0.25, 0.3) is 0 Å². The number of hydrogen-bond acceptors (Lipinski definition) is 4. The molecule has 2 saturated heterocycles. The molecule has 0 aromatic heterocycles. The molecular weight excluding hydrogens is 278 g/mol. The Hall–Kier alpha value is -1.43. The number of carboxylic acid groups (broad SMARTS) is 1. The predicted octanol–water partition coefficient (Wildman–Crippen LogP) is 0.819.